The molecule has 146 valence electrons. The van der Waals surface area contributed by atoms with Gasteiger partial charge in [-0.3, -0.25) is 4.79 Å². The van der Waals surface area contributed by atoms with Crippen LogP contribution in [-0.2, 0) is 0 Å². The second-order valence-electron chi connectivity index (χ2n) is 6.39. The zero-order chi connectivity index (χ0) is 21.3. The highest BCUT2D eigenvalue weighted by Gasteiger charge is 2.21. The Morgan fingerprint density at radius 3 is 2.57 bits per heavy atom. The van der Waals surface area contributed by atoms with Gasteiger partial charge in [0.25, 0.3) is 5.91 Å². The quantitative estimate of drug-likeness (QED) is 0.419. The van der Waals surface area contributed by atoms with Crippen LogP contribution in [0.3, 0.4) is 0 Å². The van der Waals surface area contributed by atoms with Crippen LogP contribution in [0.25, 0.3) is 22.1 Å². The van der Waals surface area contributed by atoms with E-state index in [1.54, 1.807) is 12.1 Å². The van der Waals surface area contributed by atoms with Crippen molar-refractivity contribution in [3.63, 3.8) is 0 Å². The van der Waals surface area contributed by atoms with E-state index < -0.39 is 11.9 Å². The summed E-state index contributed by atoms with van der Waals surface area (Å²) in [7, 11) is 0. The molecule has 2 N–H and O–H groups in total. The topological polar surface area (TPSA) is 116 Å². The fourth-order valence-electron chi connectivity index (χ4n) is 3.07. The third-order valence-electron chi connectivity index (χ3n) is 4.52. The SMILES string of the molecule is N#Cc1ccc(NC(=O)c2noc3cc(-c4ccccc4)c(S)cc23)c(C(=O)O)c1. The number of amides is 1. The third-order valence-corrected chi connectivity index (χ3v) is 4.89. The number of fused-ring (bicyclic) bond motifs is 1. The highest BCUT2D eigenvalue weighted by atomic mass is 32.1. The number of rotatable bonds is 4. The average Bonchev–Trinajstić information content (AvgIpc) is 3.16. The molecule has 7 nitrogen and oxygen atoms in total. The summed E-state index contributed by atoms with van der Waals surface area (Å²) in [5.41, 5.74) is 2.19. The Kier molecular flexibility index (Phi) is 4.96. The van der Waals surface area contributed by atoms with Gasteiger partial charge >= 0.3 is 5.97 Å². The maximum absolute atomic E-state index is 12.8. The van der Waals surface area contributed by atoms with Gasteiger partial charge in [-0.05, 0) is 41.5 Å². The smallest absolute Gasteiger partial charge is 0.337 e. The van der Waals surface area contributed by atoms with Crippen molar-refractivity contribution in [2.75, 3.05) is 5.32 Å². The molecule has 3 aromatic carbocycles. The number of carbonyl (C=O) groups is 2. The molecule has 0 aliphatic rings. The number of nitrogens with one attached hydrogen (secondary N) is 1. The predicted octanol–water partition coefficient (Wildman–Crippen LogP) is 4.61. The zero-order valence-electron chi connectivity index (χ0n) is 15.3. The van der Waals surface area contributed by atoms with Crippen molar-refractivity contribution in [2.24, 2.45) is 0 Å². The number of hydrogen-bond donors (Lipinski definition) is 3. The number of carboxylic acids is 1. The summed E-state index contributed by atoms with van der Waals surface area (Å²) in [4.78, 5) is 24.9. The number of nitriles is 1. The van der Waals surface area contributed by atoms with Gasteiger partial charge in [0.15, 0.2) is 11.3 Å². The summed E-state index contributed by atoms with van der Waals surface area (Å²) in [5.74, 6) is -1.90. The average molecular weight is 415 g/mol. The maximum atomic E-state index is 12.8. The third kappa shape index (κ3) is 3.50. The summed E-state index contributed by atoms with van der Waals surface area (Å²) in [6.07, 6.45) is 0. The zero-order valence-corrected chi connectivity index (χ0v) is 16.2. The van der Waals surface area contributed by atoms with Crippen molar-refractivity contribution in [2.45, 2.75) is 4.90 Å². The maximum Gasteiger partial charge on any atom is 0.337 e. The molecule has 0 spiro atoms. The van der Waals surface area contributed by atoms with Gasteiger partial charge in [0.1, 0.15) is 0 Å². The lowest BCUT2D eigenvalue weighted by Crippen LogP contribution is -2.15. The van der Waals surface area contributed by atoms with Crippen molar-refractivity contribution in [1.29, 1.82) is 5.26 Å². The Morgan fingerprint density at radius 2 is 1.87 bits per heavy atom. The molecule has 0 atom stereocenters. The molecule has 0 bridgehead atoms. The normalized spacial score (nSPS) is 10.5. The summed E-state index contributed by atoms with van der Waals surface area (Å²) in [5, 5.41) is 25.2. The van der Waals surface area contributed by atoms with Crippen LogP contribution in [0, 0.1) is 11.3 Å². The number of aromatic carboxylic acids is 1. The van der Waals surface area contributed by atoms with Crippen LogP contribution in [0.1, 0.15) is 26.4 Å². The van der Waals surface area contributed by atoms with Gasteiger partial charge in [0.05, 0.1) is 28.3 Å². The van der Waals surface area contributed by atoms with Crippen molar-refractivity contribution < 1.29 is 19.2 Å². The number of aromatic nitrogens is 1. The molecule has 0 saturated carbocycles. The number of anilines is 1. The van der Waals surface area contributed by atoms with Crippen LogP contribution in [0.5, 0.6) is 0 Å². The summed E-state index contributed by atoms with van der Waals surface area (Å²) in [6.45, 7) is 0. The van der Waals surface area contributed by atoms with E-state index in [0.29, 0.717) is 15.9 Å². The van der Waals surface area contributed by atoms with E-state index in [4.69, 9.17) is 9.78 Å². The second-order valence-corrected chi connectivity index (χ2v) is 6.88. The number of thiol groups is 1. The van der Waals surface area contributed by atoms with E-state index in [0.717, 1.165) is 11.1 Å². The molecule has 8 heteroatoms. The summed E-state index contributed by atoms with van der Waals surface area (Å²) in [6, 6.07) is 18.9. The molecule has 1 aromatic heterocycles. The predicted molar refractivity (Wildman–Crippen MR) is 113 cm³/mol. The number of nitrogens with zero attached hydrogens (tertiary/aromatic N) is 2. The lowest BCUT2D eigenvalue weighted by Gasteiger charge is -2.08. The standard InChI is InChI=1S/C22H13N3O4S/c23-11-12-6-7-17(15(8-12)22(27)28)24-21(26)20-16-10-19(30)14(9-18(16)29-25-20)13-4-2-1-3-5-13/h1-10,30H,(H,24,26)(H,27,28). The Balaban J connectivity index is 1.71. The van der Waals surface area contributed by atoms with Gasteiger partial charge in [-0.15, -0.1) is 12.6 Å². The van der Waals surface area contributed by atoms with Gasteiger partial charge in [0, 0.05) is 4.90 Å². The first kappa shape index (κ1) is 19.2. The van der Waals surface area contributed by atoms with Crippen LogP contribution >= 0.6 is 12.6 Å². The fourth-order valence-corrected chi connectivity index (χ4v) is 3.39. The van der Waals surface area contributed by atoms with Gasteiger partial charge in [-0.25, -0.2) is 4.79 Å². The van der Waals surface area contributed by atoms with E-state index in [1.807, 2.05) is 36.4 Å². The van der Waals surface area contributed by atoms with Crippen molar-refractivity contribution in [3.8, 4) is 17.2 Å². The lowest BCUT2D eigenvalue weighted by molar-refractivity contribution is 0.0698. The highest BCUT2D eigenvalue weighted by Crippen LogP contribution is 2.32. The molecular formula is C22H13N3O4S. The largest absolute Gasteiger partial charge is 0.478 e. The van der Waals surface area contributed by atoms with E-state index in [1.165, 1.54) is 18.2 Å². The minimum absolute atomic E-state index is 0.000565. The molecule has 4 aromatic rings. The highest BCUT2D eigenvalue weighted by molar-refractivity contribution is 7.80. The number of carboxylic acid groups (broad SMARTS) is 1. The molecule has 1 amide bonds. The Hall–Kier alpha value is -4.09. The first-order chi connectivity index (χ1) is 14.5. The van der Waals surface area contributed by atoms with Crippen molar-refractivity contribution in [1.82, 2.24) is 5.16 Å². The summed E-state index contributed by atoms with van der Waals surface area (Å²) < 4.78 is 5.34. The molecular weight excluding hydrogens is 402 g/mol. The van der Waals surface area contributed by atoms with Gasteiger partial charge < -0.3 is 14.9 Å². The van der Waals surface area contributed by atoms with Crippen LogP contribution in [0.15, 0.2) is 70.1 Å². The van der Waals surface area contributed by atoms with Crippen LogP contribution in [0.2, 0.25) is 0 Å². The van der Waals surface area contributed by atoms with Gasteiger partial charge in [0.2, 0.25) is 0 Å². The van der Waals surface area contributed by atoms with Crippen LogP contribution in [-0.4, -0.2) is 22.1 Å². The molecule has 4 rings (SSSR count). The minimum Gasteiger partial charge on any atom is -0.478 e. The Morgan fingerprint density at radius 1 is 1.10 bits per heavy atom. The lowest BCUT2D eigenvalue weighted by atomic mass is 10.0. The number of hydrogen-bond acceptors (Lipinski definition) is 6. The summed E-state index contributed by atoms with van der Waals surface area (Å²) >= 11 is 4.53. The number of carbonyl (C=O) groups excluding carboxylic acids is 1. The van der Waals surface area contributed by atoms with E-state index >= 15 is 0 Å². The molecule has 0 saturated heterocycles. The molecule has 0 unspecified atom stereocenters. The molecule has 1 heterocycles. The van der Waals surface area contributed by atoms with Crippen LogP contribution < -0.4 is 5.32 Å². The van der Waals surface area contributed by atoms with Crippen LogP contribution in [0.4, 0.5) is 5.69 Å². The van der Waals surface area contributed by atoms with E-state index in [2.05, 4.69) is 23.1 Å². The molecule has 0 aliphatic carbocycles. The number of benzene rings is 3. The molecule has 30 heavy (non-hydrogen) atoms. The first-order valence-electron chi connectivity index (χ1n) is 8.74. The molecule has 0 fully saturated rings. The Labute approximate surface area is 176 Å². The fraction of sp³-hybridized carbons (Fsp3) is 0. The van der Waals surface area contributed by atoms with Gasteiger partial charge in [-0.2, -0.15) is 5.26 Å². The minimum atomic E-state index is -1.27. The van der Waals surface area contributed by atoms with Gasteiger partial charge in [-0.1, -0.05) is 35.5 Å². The molecule has 0 aliphatic heterocycles. The second kappa shape index (κ2) is 7.73. The van der Waals surface area contributed by atoms with Crippen molar-refractivity contribution >= 4 is 41.2 Å². The first-order valence-corrected chi connectivity index (χ1v) is 9.19. The van der Waals surface area contributed by atoms with Crippen molar-refractivity contribution in [3.05, 3.63) is 77.5 Å². The monoisotopic (exact) mass is 415 g/mol. The van der Waals surface area contributed by atoms with E-state index in [-0.39, 0.29) is 22.5 Å². The Bertz CT molecular complexity index is 1340. The van der Waals surface area contributed by atoms with E-state index in [9.17, 15) is 14.7 Å². The molecule has 0 radical (unpaired) electrons.